The van der Waals surface area contributed by atoms with Gasteiger partial charge in [0.25, 0.3) is 0 Å². The van der Waals surface area contributed by atoms with Crippen molar-refractivity contribution in [1.29, 1.82) is 0 Å². The molecule has 1 rings (SSSR count). The third kappa shape index (κ3) is 2.54. The lowest BCUT2D eigenvalue weighted by atomic mass is 10.3. The van der Waals surface area contributed by atoms with Gasteiger partial charge in [-0.25, -0.2) is 9.97 Å². The summed E-state index contributed by atoms with van der Waals surface area (Å²) in [5.74, 6) is 1.64. The van der Waals surface area contributed by atoms with E-state index in [0.29, 0.717) is 0 Å². The van der Waals surface area contributed by atoms with E-state index >= 15 is 0 Å². The van der Waals surface area contributed by atoms with E-state index in [9.17, 15) is 0 Å². The Bertz CT molecular complexity index is 283. The van der Waals surface area contributed by atoms with E-state index in [0.717, 1.165) is 23.8 Å². The molecule has 0 aromatic carbocycles. The van der Waals surface area contributed by atoms with E-state index in [1.807, 2.05) is 32.2 Å². The Morgan fingerprint density at radius 2 is 2.23 bits per heavy atom. The van der Waals surface area contributed by atoms with Gasteiger partial charge in [0, 0.05) is 18.8 Å². The third-order valence-corrected chi connectivity index (χ3v) is 1.73. The Labute approximate surface area is 78.9 Å². The first kappa shape index (κ1) is 9.71. The zero-order chi connectivity index (χ0) is 9.68. The second kappa shape index (κ2) is 4.60. The predicted octanol–water partition coefficient (Wildman–Crippen LogP) is 2.11. The number of rotatable bonds is 3. The number of hydrogen-bond donors (Lipinski definition) is 1. The molecular weight excluding hydrogens is 162 g/mol. The molecule has 0 spiro atoms. The lowest BCUT2D eigenvalue weighted by Gasteiger charge is -2.03. The van der Waals surface area contributed by atoms with Gasteiger partial charge in [-0.1, -0.05) is 13.0 Å². The van der Waals surface area contributed by atoms with E-state index in [2.05, 4.69) is 22.2 Å². The molecule has 0 fully saturated rings. The van der Waals surface area contributed by atoms with Gasteiger partial charge in [-0.15, -0.1) is 0 Å². The highest BCUT2D eigenvalue weighted by atomic mass is 15.0. The van der Waals surface area contributed by atoms with Crippen LogP contribution in [0.25, 0.3) is 6.08 Å². The van der Waals surface area contributed by atoms with Gasteiger partial charge in [0.1, 0.15) is 5.82 Å². The van der Waals surface area contributed by atoms with Crippen LogP contribution in [0.5, 0.6) is 0 Å². The average Bonchev–Trinajstić information content (AvgIpc) is 2.17. The van der Waals surface area contributed by atoms with Crippen LogP contribution in [0.3, 0.4) is 0 Å². The van der Waals surface area contributed by atoms with Crippen LogP contribution in [-0.2, 0) is 6.42 Å². The van der Waals surface area contributed by atoms with Crippen LogP contribution >= 0.6 is 0 Å². The molecule has 0 aliphatic rings. The highest BCUT2D eigenvalue weighted by Crippen LogP contribution is 2.07. The Morgan fingerprint density at radius 3 is 2.77 bits per heavy atom. The summed E-state index contributed by atoms with van der Waals surface area (Å²) in [6.07, 6.45) is 4.77. The average molecular weight is 177 g/mol. The van der Waals surface area contributed by atoms with E-state index in [-0.39, 0.29) is 0 Å². The molecule has 1 N–H and O–H groups in total. The van der Waals surface area contributed by atoms with Crippen molar-refractivity contribution < 1.29 is 0 Å². The molecule has 13 heavy (non-hydrogen) atoms. The molecule has 0 saturated carbocycles. The fourth-order valence-corrected chi connectivity index (χ4v) is 1.05. The third-order valence-electron chi connectivity index (χ3n) is 1.73. The lowest BCUT2D eigenvalue weighted by molar-refractivity contribution is 0.986. The Kier molecular flexibility index (Phi) is 3.43. The maximum absolute atomic E-state index is 4.35. The topological polar surface area (TPSA) is 37.8 Å². The molecule has 0 amide bonds. The van der Waals surface area contributed by atoms with E-state index in [4.69, 9.17) is 0 Å². The lowest BCUT2D eigenvalue weighted by Crippen LogP contribution is -1.99. The van der Waals surface area contributed by atoms with Gasteiger partial charge in [-0.05, 0) is 19.4 Å². The first-order valence-electron chi connectivity index (χ1n) is 4.48. The summed E-state index contributed by atoms with van der Waals surface area (Å²) in [5.41, 5.74) is 1.06. The van der Waals surface area contributed by atoms with E-state index in [1.54, 1.807) is 0 Å². The Hall–Kier alpha value is -1.38. The van der Waals surface area contributed by atoms with Crippen molar-refractivity contribution in [2.75, 3.05) is 12.4 Å². The van der Waals surface area contributed by atoms with Crippen molar-refractivity contribution in [3.8, 4) is 0 Å². The largest absolute Gasteiger partial charge is 0.373 e. The molecule has 0 atom stereocenters. The number of aromatic nitrogens is 2. The van der Waals surface area contributed by atoms with Crippen LogP contribution in [0.1, 0.15) is 25.4 Å². The van der Waals surface area contributed by atoms with Gasteiger partial charge in [0.2, 0.25) is 0 Å². The zero-order valence-electron chi connectivity index (χ0n) is 8.33. The maximum Gasteiger partial charge on any atom is 0.154 e. The smallest absolute Gasteiger partial charge is 0.154 e. The number of nitrogens with zero attached hydrogens (tertiary/aromatic N) is 2. The second-order valence-corrected chi connectivity index (χ2v) is 2.71. The van der Waals surface area contributed by atoms with Crippen LogP contribution in [-0.4, -0.2) is 17.0 Å². The molecule has 0 radical (unpaired) electrons. The van der Waals surface area contributed by atoms with Crippen LogP contribution in [0.2, 0.25) is 0 Å². The SMILES string of the molecule is C/C=C/c1nc(CC)cc(NC)n1. The summed E-state index contributed by atoms with van der Waals surface area (Å²) >= 11 is 0. The minimum absolute atomic E-state index is 0.770. The van der Waals surface area contributed by atoms with Crippen molar-refractivity contribution in [2.45, 2.75) is 20.3 Å². The molecule has 0 bridgehead atoms. The fraction of sp³-hybridized carbons (Fsp3) is 0.400. The minimum Gasteiger partial charge on any atom is -0.373 e. The monoisotopic (exact) mass is 177 g/mol. The van der Waals surface area contributed by atoms with Gasteiger partial charge < -0.3 is 5.32 Å². The standard InChI is InChI=1S/C10H15N3/c1-4-6-9-12-8(5-2)7-10(11-3)13-9/h4,6-7H,5H2,1-3H3,(H,11,12,13)/b6-4+. The van der Waals surface area contributed by atoms with Crippen LogP contribution in [0.15, 0.2) is 12.1 Å². The van der Waals surface area contributed by atoms with Gasteiger partial charge >= 0.3 is 0 Å². The second-order valence-electron chi connectivity index (χ2n) is 2.71. The summed E-state index contributed by atoms with van der Waals surface area (Å²) in [7, 11) is 1.86. The summed E-state index contributed by atoms with van der Waals surface area (Å²) in [6.45, 7) is 4.04. The number of hydrogen-bond acceptors (Lipinski definition) is 3. The van der Waals surface area contributed by atoms with E-state index in [1.165, 1.54) is 0 Å². The maximum atomic E-state index is 4.35. The molecule has 3 nitrogen and oxygen atoms in total. The number of aryl methyl sites for hydroxylation is 1. The molecule has 0 aliphatic carbocycles. The van der Waals surface area contributed by atoms with Crippen molar-refractivity contribution in [2.24, 2.45) is 0 Å². The molecule has 1 aromatic heterocycles. The van der Waals surface area contributed by atoms with Crippen LogP contribution in [0, 0.1) is 0 Å². The van der Waals surface area contributed by atoms with Crippen molar-refractivity contribution >= 4 is 11.9 Å². The molecule has 1 heterocycles. The van der Waals surface area contributed by atoms with Gasteiger partial charge in [-0.2, -0.15) is 0 Å². The Morgan fingerprint density at radius 1 is 1.46 bits per heavy atom. The summed E-state index contributed by atoms with van der Waals surface area (Å²) < 4.78 is 0. The Balaban J connectivity index is 3.07. The first-order chi connectivity index (χ1) is 6.30. The summed E-state index contributed by atoms with van der Waals surface area (Å²) in [4.78, 5) is 8.63. The molecular formula is C10H15N3. The highest BCUT2D eigenvalue weighted by molar-refractivity contribution is 5.45. The molecule has 3 heteroatoms. The predicted molar refractivity (Wildman–Crippen MR) is 55.7 cm³/mol. The highest BCUT2D eigenvalue weighted by Gasteiger charge is 1.98. The first-order valence-corrected chi connectivity index (χ1v) is 4.48. The van der Waals surface area contributed by atoms with Crippen LogP contribution in [0.4, 0.5) is 5.82 Å². The fourth-order valence-electron chi connectivity index (χ4n) is 1.05. The number of nitrogens with one attached hydrogen (secondary N) is 1. The minimum atomic E-state index is 0.770. The number of anilines is 1. The molecule has 0 saturated heterocycles. The molecule has 70 valence electrons. The van der Waals surface area contributed by atoms with E-state index < -0.39 is 0 Å². The van der Waals surface area contributed by atoms with Crippen LogP contribution < -0.4 is 5.32 Å². The van der Waals surface area contributed by atoms with Crippen molar-refractivity contribution in [3.63, 3.8) is 0 Å². The summed E-state index contributed by atoms with van der Waals surface area (Å²) in [5, 5.41) is 3.02. The number of allylic oxidation sites excluding steroid dienone is 1. The van der Waals surface area contributed by atoms with Gasteiger partial charge in [0.15, 0.2) is 5.82 Å². The summed E-state index contributed by atoms with van der Waals surface area (Å²) in [6, 6.07) is 1.97. The van der Waals surface area contributed by atoms with Gasteiger partial charge in [0.05, 0.1) is 0 Å². The quantitative estimate of drug-likeness (QED) is 0.768. The van der Waals surface area contributed by atoms with Gasteiger partial charge in [-0.3, -0.25) is 0 Å². The molecule has 1 aromatic rings. The van der Waals surface area contributed by atoms with Crippen molar-refractivity contribution in [3.05, 3.63) is 23.7 Å². The molecule has 0 unspecified atom stereocenters. The van der Waals surface area contributed by atoms with Crippen molar-refractivity contribution in [1.82, 2.24) is 9.97 Å². The molecule has 0 aliphatic heterocycles. The zero-order valence-corrected chi connectivity index (χ0v) is 8.33. The normalized spacial score (nSPS) is 10.7.